The highest BCUT2D eigenvalue weighted by molar-refractivity contribution is 5.85. The first kappa shape index (κ1) is 23.6. The van der Waals surface area contributed by atoms with Gasteiger partial charge in [-0.3, -0.25) is 4.79 Å². The highest BCUT2D eigenvalue weighted by atomic mass is 35.5. The van der Waals surface area contributed by atoms with Gasteiger partial charge in [0.05, 0.1) is 25.7 Å². The number of carbonyl (C=O) groups excluding carboxylic acids is 1. The van der Waals surface area contributed by atoms with E-state index in [-0.39, 0.29) is 24.3 Å². The van der Waals surface area contributed by atoms with E-state index < -0.39 is 0 Å². The third-order valence-electron chi connectivity index (χ3n) is 4.69. The molecule has 0 atom stereocenters. The molecule has 6 heteroatoms. The number of rotatable bonds is 11. The van der Waals surface area contributed by atoms with E-state index in [0.29, 0.717) is 13.2 Å². The Morgan fingerprint density at radius 1 is 1.04 bits per heavy atom. The molecule has 1 aliphatic rings. The number of hydrogen-bond acceptors (Lipinski definition) is 5. The number of ether oxygens (including phenoxy) is 3. The minimum atomic E-state index is -0.0323. The second kappa shape index (κ2) is 13.7. The van der Waals surface area contributed by atoms with Crippen LogP contribution < -0.4 is 9.47 Å². The fourth-order valence-corrected chi connectivity index (χ4v) is 3.14. The SMILES string of the molecule is CCCCOc1ccccc1OCCCN1CCC(C(=O)OCC)CC1.Cl. The van der Waals surface area contributed by atoms with E-state index in [2.05, 4.69) is 11.8 Å². The molecule has 1 fully saturated rings. The van der Waals surface area contributed by atoms with E-state index in [1.165, 1.54) is 0 Å². The van der Waals surface area contributed by atoms with Crippen LogP contribution in [0.5, 0.6) is 11.5 Å². The summed E-state index contributed by atoms with van der Waals surface area (Å²) >= 11 is 0. The topological polar surface area (TPSA) is 48.0 Å². The molecule has 0 aromatic heterocycles. The summed E-state index contributed by atoms with van der Waals surface area (Å²) in [6.45, 7) is 8.80. The number of halogens is 1. The molecule has 0 bridgehead atoms. The molecule has 2 rings (SSSR count). The zero-order chi connectivity index (χ0) is 18.6. The smallest absolute Gasteiger partial charge is 0.309 e. The summed E-state index contributed by atoms with van der Waals surface area (Å²) in [7, 11) is 0. The van der Waals surface area contributed by atoms with Gasteiger partial charge in [0.1, 0.15) is 0 Å². The maximum Gasteiger partial charge on any atom is 0.309 e. The number of para-hydroxylation sites is 2. The lowest BCUT2D eigenvalue weighted by atomic mass is 9.97. The van der Waals surface area contributed by atoms with Crippen LogP contribution in [0.15, 0.2) is 24.3 Å². The van der Waals surface area contributed by atoms with Crippen molar-refractivity contribution >= 4 is 18.4 Å². The van der Waals surface area contributed by atoms with Crippen molar-refractivity contribution in [3.05, 3.63) is 24.3 Å². The molecule has 0 unspecified atom stereocenters. The van der Waals surface area contributed by atoms with E-state index >= 15 is 0 Å². The maximum atomic E-state index is 11.8. The van der Waals surface area contributed by atoms with Crippen LogP contribution >= 0.6 is 12.4 Å². The van der Waals surface area contributed by atoms with Crippen molar-refractivity contribution in [3.8, 4) is 11.5 Å². The Bertz CT molecular complexity index is 533. The first-order chi connectivity index (χ1) is 12.7. The van der Waals surface area contributed by atoms with Gasteiger partial charge in [-0.2, -0.15) is 0 Å². The van der Waals surface area contributed by atoms with Crippen molar-refractivity contribution in [3.63, 3.8) is 0 Å². The molecule has 27 heavy (non-hydrogen) atoms. The Balaban J connectivity index is 0.00000364. The van der Waals surface area contributed by atoms with E-state index in [9.17, 15) is 4.79 Å². The Labute approximate surface area is 169 Å². The number of hydrogen-bond donors (Lipinski definition) is 0. The fraction of sp³-hybridized carbons (Fsp3) is 0.667. The van der Waals surface area contributed by atoms with Crippen molar-refractivity contribution in [2.45, 2.75) is 46.0 Å². The van der Waals surface area contributed by atoms with Gasteiger partial charge in [0.15, 0.2) is 11.5 Å². The zero-order valence-electron chi connectivity index (χ0n) is 16.7. The van der Waals surface area contributed by atoms with Crippen LogP contribution in [0.25, 0.3) is 0 Å². The lowest BCUT2D eigenvalue weighted by molar-refractivity contribution is -0.149. The molecule has 0 saturated carbocycles. The third kappa shape index (κ3) is 8.39. The maximum absolute atomic E-state index is 11.8. The van der Waals surface area contributed by atoms with E-state index in [1.807, 2.05) is 31.2 Å². The summed E-state index contributed by atoms with van der Waals surface area (Å²) in [6.07, 6.45) is 4.93. The van der Waals surface area contributed by atoms with Gasteiger partial charge in [0.2, 0.25) is 0 Å². The minimum Gasteiger partial charge on any atom is -0.490 e. The normalized spacial score (nSPS) is 15.0. The number of unbranched alkanes of at least 4 members (excludes halogenated alkanes) is 1. The highest BCUT2D eigenvalue weighted by Gasteiger charge is 2.25. The first-order valence-electron chi connectivity index (χ1n) is 9.98. The number of nitrogens with zero attached hydrogens (tertiary/aromatic N) is 1. The molecule has 0 N–H and O–H groups in total. The van der Waals surface area contributed by atoms with Crippen molar-refractivity contribution in [2.24, 2.45) is 5.92 Å². The summed E-state index contributed by atoms with van der Waals surface area (Å²) in [5, 5.41) is 0. The summed E-state index contributed by atoms with van der Waals surface area (Å²) < 4.78 is 16.8. The number of likely N-dealkylation sites (tertiary alicyclic amines) is 1. The molecule has 0 spiro atoms. The predicted molar refractivity (Wildman–Crippen MR) is 110 cm³/mol. The average molecular weight is 400 g/mol. The summed E-state index contributed by atoms with van der Waals surface area (Å²) in [5.74, 6) is 1.70. The average Bonchev–Trinajstić information content (AvgIpc) is 2.67. The van der Waals surface area contributed by atoms with Gasteiger partial charge in [-0.15, -0.1) is 12.4 Å². The van der Waals surface area contributed by atoms with E-state index in [1.54, 1.807) is 0 Å². The molecule has 5 nitrogen and oxygen atoms in total. The van der Waals surface area contributed by atoms with Crippen LogP contribution in [0.2, 0.25) is 0 Å². The molecular formula is C21H34ClNO4. The molecule has 0 aliphatic carbocycles. The summed E-state index contributed by atoms with van der Waals surface area (Å²) in [6, 6.07) is 7.88. The molecule has 1 saturated heterocycles. The molecule has 0 amide bonds. The molecular weight excluding hydrogens is 366 g/mol. The Morgan fingerprint density at radius 2 is 1.63 bits per heavy atom. The van der Waals surface area contributed by atoms with Crippen LogP contribution in [0, 0.1) is 5.92 Å². The quantitative estimate of drug-likeness (QED) is 0.409. The van der Waals surface area contributed by atoms with E-state index in [0.717, 1.165) is 69.8 Å². The van der Waals surface area contributed by atoms with Gasteiger partial charge in [0, 0.05) is 6.54 Å². The van der Waals surface area contributed by atoms with Crippen molar-refractivity contribution in [2.75, 3.05) is 39.5 Å². The van der Waals surface area contributed by atoms with Crippen molar-refractivity contribution in [1.82, 2.24) is 4.90 Å². The van der Waals surface area contributed by atoms with Crippen LogP contribution in [-0.2, 0) is 9.53 Å². The molecule has 1 aromatic carbocycles. The van der Waals surface area contributed by atoms with Gasteiger partial charge in [-0.05, 0) is 57.8 Å². The van der Waals surface area contributed by atoms with Crippen molar-refractivity contribution in [1.29, 1.82) is 0 Å². The van der Waals surface area contributed by atoms with Gasteiger partial charge in [-0.25, -0.2) is 0 Å². The zero-order valence-corrected chi connectivity index (χ0v) is 17.5. The van der Waals surface area contributed by atoms with Crippen LogP contribution in [0.1, 0.15) is 46.0 Å². The number of carbonyl (C=O) groups is 1. The second-order valence-corrected chi connectivity index (χ2v) is 6.72. The number of piperidine rings is 1. The summed E-state index contributed by atoms with van der Waals surface area (Å²) in [4.78, 5) is 14.2. The predicted octanol–water partition coefficient (Wildman–Crippen LogP) is 4.33. The largest absolute Gasteiger partial charge is 0.490 e. The lowest BCUT2D eigenvalue weighted by Crippen LogP contribution is -2.37. The molecule has 1 aromatic rings. The Hall–Kier alpha value is -1.46. The Morgan fingerprint density at radius 3 is 2.19 bits per heavy atom. The second-order valence-electron chi connectivity index (χ2n) is 6.72. The van der Waals surface area contributed by atoms with Gasteiger partial charge in [0.25, 0.3) is 0 Å². The summed E-state index contributed by atoms with van der Waals surface area (Å²) in [5.41, 5.74) is 0. The van der Waals surface area contributed by atoms with E-state index in [4.69, 9.17) is 14.2 Å². The number of benzene rings is 1. The standard InChI is InChI=1S/C21H33NO4.ClH/c1-3-5-16-25-19-9-6-7-10-20(19)26-17-8-13-22-14-11-18(12-15-22)21(23)24-4-2;/h6-7,9-10,18H,3-5,8,11-17H2,1-2H3;1H. The van der Waals surface area contributed by atoms with Gasteiger partial charge >= 0.3 is 5.97 Å². The minimum absolute atomic E-state index is 0. The van der Waals surface area contributed by atoms with Crippen LogP contribution in [0.3, 0.4) is 0 Å². The lowest BCUT2D eigenvalue weighted by Gasteiger charge is -2.30. The molecule has 1 aliphatic heterocycles. The molecule has 154 valence electrons. The van der Waals surface area contributed by atoms with Gasteiger partial charge in [-0.1, -0.05) is 25.5 Å². The third-order valence-corrected chi connectivity index (χ3v) is 4.69. The fourth-order valence-electron chi connectivity index (χ4n) is 3.14. The van der Waals surface area contributed by atoms with Gasteiger partial charge < -0.3 is 19.1 Å². The van der Waals surface area contributed by atoms with Crippen LogP contribution in [-0.4, -0.2) is 50.3 Å². The van der Waals surface area contributed by atoms with Crippen LogP contribution in [0.4, 0.5) is 0 Å². The van der Waals surface area contributed by atoms with Crippen molar-refractivity contribution < 1.29 is 19.0 Å². The highest BCUT2D eigenvalue weighted by Crippen LogP contribution is 2.27. The Kier molecular flexibility index (Phi) is 11.9. The molecule has 1 heterocycles. The molecule has 0 radical (unpaired) electrons. The monoisotopic (exact) mass is 399 g/mol. The number of esters is 1. The first-order valence-corrected chi connectivity index (χ1v) is 9.98.